The van der Waals surface area contributed by atoms with E-state index in [1.807, 2.05) is 12.3 Å². The van der Waals surface area contributed by atoms with Crippen molar-refractivity contribution in [1.82, 2.24) is 9.88 Å². The fourth-order valence-electron chi connectivity index (χ4n) is 2.95. The van der Waals surface area contributed by atoms with E-state index in [0.29, 0.717) is 23.8 Å². The van der Waals surface area contributed by atoms with Crippen LogP contribution in [0, 0.1) is 11.6 Å². The fourth-order valence-corrected chi connectivity index (χ4v) is 2.95. The SMILES string of the molecule is CN1CCCC1c1cncc(-c2ccc(F)c(F)c2)c1.O=C(O)C=CC(=O)O. The number of pyridine rings is 1. The van der Waals surface area contributed by atoms with Crippen LogP contribution in [0.2, 0.25) is 0 Å². The van der Waals surface area contributed by atoms with E-state index < -0.39 is 23.6 Å². The molecule has 3 rings (SSSR count). The van der Waals surface area contributed by atoms with Crippen molar-refractivity contribution in [3.63, 3.8) is 0 Å². The number of benzene rings is 1. The molecule has 1 atom stereocenters. The molecule has 0 saturated carbocycles. The van der Waals surface area contributed by atoms with Gasteiger partial charge in [0.2, 0.25) is 0 Å². The predicted molar refractivity (Wildman–Crippen MR) is 98.6 cm³/mol. The highest BCUT2D eigenvalue weighted by molar-refractivity contribution is 5.89. The van der Waals surface area contributed by atoms with Crippen molar-refractivity contribution in [2.24, 2.45) is 0 Å². The number of hydrogen-bond donors (Lipinski definition) is 2. The van der Waals surface area contributed by atoms with E-state index in [1.165, 1.54) is 12.5 Å². The van der Waals surface area contributed by atoms with Gasteiger partial charge in [0.25, 0.3) is 0 Å². The van der Waals surface area contributed by atoms with E-state index >= 15 is 0 Å². The van der Waals surface area contributed by atoms with Crippen LogP contribution in [-0.4, -0.2) is 45.6 Å². The summed E-state index contributed by atoms with van der Waals surface area (Å²) >= 11 is 0. The molecule has 0 spiro atoms. The zero-order valence-corrected chi connectivity index (χ0v) is 15.2. The number of carbonyl (C=O) groups is 2. The normalized spacial score (nSPS) is 16.6. The minimum Gasteiger partial charge on any atom is -0.478 e. The average molecular weight is 390 g/mol. The monoisotopic (exact) mass is 390 g/mol. The van der Waals surface area contributed by atoms with Gasteiger partial charge in [-0.15, -0.1) is 0 Å². The molecular formula is C20H20F2N2O4. The van der Waals surface area contributed by atoms with Gasteiger partial charge >= 0.3 is 11.9 Å². The summed E-state index contributed by atoms with van der Waals surface area (Å²) in [4.78, 5) is 25.7. The van der Waals surface area contributed by atoms with Crippen LogP contribution in [0.15, 0.2) is 48.8 Å². The number of likely N-dealkylation sites (tertiary alicyclic amines) is 1. The van der Waals surface area contributed by atoms with Crippen LogP contribution in [-0.2, 0) is 9.59 Å². The first kappa shape index (κ1) is 21.2. The van der Waals surface area contributed by atoms with Crippen molar-refractivity contribution in [2.75, 3.05) is 13.6 Å². The Bertz CT molecular complexity index is 870. The molecule has 28 heavy (non-hydrogen) atoms. The highest BCUT2D eigenvalue weighted by atomic mass is 19.2. The van der Waals surface area contributed by atoms with E-state index in [4.69, 9.17) is 10.2 Å². The van der Waals surface area contributed by atoms with Gasteiger partial charge in [-0.1, -0.05) is 6.07 Å². The van der Waals surface area contributed by atoms with Gasteiger partial charge in [0.05, 0.1) is 0 Å². The van der Waals surface area contributed by atoms with Crippen molar-refractivity contribution in [2.45, 2.75) is 18.9 Å². The summed E-state index contributed by atoms with van der Waals surface area (Å²) in [6, 6.07) is 6.34. The molecule has 6 nitrogen and oxygen atoms in total. The maximum Gasteiger partial charge on any atom is 0.328 e. The molecule has 1 unspecified atom stereocenters. The van der Waals surface area contributed by atoms with E-state index in [9.17, 15) is 18.4 Å². The quantitative estimate of drug-likeness (QED) is 0.777. The zero-order valence-electron chi connectivity index (χ0n) is 15.2. The van der Waals surface area contributed by atoms with Gasteiger partial charge in [-0.25, -0.2) is 18.4 Å². The van der Waals surface area contributed by atoms with Gasteiger partial charge < -0.3 is 10.2 Å². The van der Waals surface area contributed by atoms with Crippen LogP contribution >= 0.6 is 0 Å². The second kappa shape index (κ2) is 9.70. The third kappa shape index (κ3) is 5.95. The summed E-state index contributed by atoms with van der Waals surface area (Å²) < 4.78 is 26.3. The molecule has 1 aliphatic heterocycles. The molecule has 0 bridgehead atoms. The number of halogens is 2. The molecule has 2 heterocycles. The summed E-state index contributed by atoms with van der Waals surface area (Å²) in [5, 5.41) is 15.6. The lowest BCUT2D eigenvalue weighted by molar-refractivity contribution is -0.134. The molecule has 0 aliphatic carbocycles. The number of aliphatic carboxylic acids is 2. The number of rotatable bonds is 4. The first-order chi connectivity index (χ1) is 13.3. The van der Waals surface area contributed by atoms with E-state index in [2.05, 4.69) is 16.9 Å². The Morgan fingerprint density at radius 2 is 1.75 bits per heavy atom. The van der Waals surface area contributed by atoms with Crippen LogP contribution in [0.4, 0.5) is 8.78 Å². The van der Waals surface area contributed by atoms with Crippen molar-refractivity contribution < 1.29 is 28.6 Å². The summed E-state index contributed by atoms with van der Waals surface area (Å²) in [5.41, 5.74) is 2.60. The highest BCUT2D eigenvalue weighted by Crippen LogP contribution is 2.32. The first-order valence-corrected chi connectivity index (χ1v) is 8.52. The molecular weight excluding hydrogens is 370 g/mol. The van der Waals surface area contributed by atoms with Crippen LogP contribution in [0.25, 0.3) is 11.1 Å². The molecule has 1 fully saturated rings. The molecule has 0 radical (unpaired) electrons. The van der Waals surface area contributed by atoms with Crippen molar-refractivity contribution >= 4 is 11.9 Å². The fraction of sp³-hybridized carbons (Fsp3) is 0.250. The van der Waals surface area contributed by atoms with Crippen LogP contribution in [0.1, 0.15) is 24.4 Å². The minimum atomic E-state index is -1.26. The Morgan fingerprint density at radius 3 is 2.29 bits per heavy atom. The van der Waals surface area contributed by atoms with Gasteiger partial charge in [-0.05, 0) is 55.8 Å². The van der Waals surface area contributed by atoms with Gasteiger partial charge in [-0.3, -0.25) is 9.88 Å². The zero-order chi connectivity index (χ0) is 20.7. The second-order valence-electron chi connectivity index (χ2n) is 6.28. The van der Waals surface area contributed by atoms with E-state index in [1.54, 1.807) is 12.3 Å². The molecule has 8 heteroatoms. The molecule has 148 valence electrons. The van der Waals surface area contributed by atoms with Crippen molar-refractivity contribution in [1.29, 1.82) is 0 Å². The maximum absolute atomic E-state index is 13.3. The van der Waals surface area contributed by atoms with Gasteiger partial charge in [0.1, 0.15) is 0 Å². The smallest absolute Gasteiger partial charge is 0.328 e. The number of carboxylic acid groups (broad SMARTS) is 2. The molecule has 1 saturated heterocycles. The number of nitrogens with zero attached hydrogens (tertiary/aromatic N) is 2. The van der Waals surface area contributed by atoms with Gasteiger partial charge in [0, 0.05) is 36.2 Å². The minimum absolute atomic E-state index is 0.368. The van der Waals surface area contributed by atoms with Crippen LogP contribution < -0.4 is 0 Å². The number of carboxylic acids is 2. The van der Waals surface area contributed by atoms with Crippen molar-refractivity contribution in [3.8, 4) is 11.1 Å². The number of hydrogen-bond acceptors (Lipinski definition) is 4. The molecule has 2 aromatic rings. The topological polar surface area (TPSA) is 90.7 Å². The molecule has 0 amide bonds. The van der Waals surface area contributed by atoms with Gasteiger partial charge in [0.15, 0.2) is 11.6 Å². The maximum atomic E-state index is 13.3. The molecule has 1 aliphatic rings. The van der Waals surface area contributed by atoms with Crippen LogP contribution in [0.3, 0.4) is 0 Å². The lowest BCUT2D eigenvalue weighted by atomic mass is 10.0. The summed E-state index contributed by atoms with van der Waals surface area (Å²) in [6.45, 7) is 1.08. The highest BCUT2D eigenvalue weighted by Gasteiger charge is 2.23. The Kier molecular flexibility index (Phi) is 7.34. The Morgan fingerprint density at radius 1 is 1.07 bits per heavy atom. The Labute approximate surface area is 160 Å². The summed E-state index contributed by atoms with van der Waals surface area (Å²) in [6.07, 6.45) is 6.95. The lowest BCUT2D eigenvalue weighted by Gasteiger charge is -2.19. The van der Waals surface area contributed by atoms with Crippen LogP contribution in [0.5, 0.6) is 0 Å². The standard InChI is InChI=1S/C16H16F2N2.C4H4O4/c1-20-6-2-3-16(20)13-7-12(9-19-10-13)11-4-5-14(17)15(18)8-11;5-3(6)1-2-4(7)8/h4-5,7-10,16H,2-3,6H2,1H3;1-2H,(H,5,6)(H,7,8). The Balaban J connectivity index is 0.000000300. The summed E-state index contributed by atoms with van der Waals surface area (Å²) in [7, 11) is 2.10. The summed E-state index contributed by atoms with van der Waals surface area (Å²) in [5.74, 6) is -4.17. The van der Waals surface area contributed by atoms with Crippen molar-refractivity contribution in [3.05, 3.63) is 66.0 Å². The number of aromatic nitrogens is 1. The predicted octanol–water partition coefficient (Wildman–Crippen LogP) is 3.51. The third-order valence-corrected chi connectivity index (χ3v) is 4.29. The first-order valence-electron chi connectivity index (χ1n) is 8.52. The third-order valence-electron chi connectivity index (χ3n) is 4.29. The molecule has 2 N–H and O–H groups in total. The largest absolute Gasteiger partial charge is 0.478 e. The lowest BCUT2D eigenvalue weighted by Crippen LogP contribution is -2.17. The van der Waals surface area contributed by atoms with E-state index in [0.717, 1.165) is 30.2 Å². The second-order valence-corrected chi connectivity index (χ2v) is 6.28. The Hall–Kier alpha value is -3.13. The van der Waals surface area contributed by atoms with E-state index in [-0.39, 0.29) is 0 Å². The average Bonchev–Trinajstić information content (AvgIpc) is 3.09. The molecule has 1 aromatic carbocycles. The molecule has 1 aromatic heterocycles. The van der Waals surface area contributed by atoms with Gasteiger partial charge in [-0.2, -0.15) is 0 Å².